The molecule has 0 saturated carbocycles. The van der Waals surface area contributed by atoms with Crippen molar-refractivity contribution in [2.75, 3.05) is 18.0 Å². The van der Waals surface area contributed by atoms with E-state index in [1.165, 1.54) is 12.1 Å². The Labute approximate surface area is 153 Å². The Morgan fingerprint density at radius 1 is 1.08 bits per heavy atom. The Morgan fingerprint density at radius 2 is 1.77 bits per heavy atom. The van der Waals surface area contributed by atoms with Gasteiger partial charge in [-0.15, -0.1) is 0 Å². The number of rotatable bonds is 4. The van der Waals surface area contributed by atoms with Crippen molar-refractivity contribution >= 4 is 17.2 Å². The van der Waals surface area contributed by atoms with E-state index in [1.54, 1.807) is 6.07 Å². The molecule has 0 spiro atoms. The summed E-state index contributed by atoms with van der Waals surface area (Å²) < 4.78 is 0. The summed E-state index contributed by atoms with van der Waals surface area (Å²) in [5, 5.41) is 11.2. The van der Waals surface area contributed by atoms with E-state index in [0.717, 1.165) is 42.7 Å². The van der Waals surface area contributed by atoms with Crippen LogP contribution in [0.3, 0.4) is 0 Å². The molecule has 2 aromatic rings. The molecule has 1 aliphatic rings. The average Bonchev–Trinajstić information content (AvgIpc) is 2.61. The van der Waals surface area contributed by atoms with E-state index in [-0.39, 0.29) is 11.5 Å². The molecule has 1 heterocycles. The predicted octanol–water partition coefficient (Wildman–Crippen LogP) is 4.68. The number of non-ortho nitro benzene ring substituents is 1. The standard InChI is InChI=1S/C21H24N2O3/c1-14-8-10-22(11-9-14)20-7-5-17(23(25)26)13-19(20)21(24)18-6-4-15(2)12-16(18)3/h4-7,12-14H,8-11H2,1-3H3. The number of carbonyl (C=O) groups excluding carboxylic acids is 1. The van der Waals surface area contributed by atoms with Gasteiger partial charge in [-0.3, -0.25) is 14.9 Å². The lowest BCUT2D eigenvalue weighted by atomic mass is 9.94. The summed E-state index contributed by atoms with van der Waals surface area (Å²) in [4.78, 5) is 26.2. The lowest BCUT2D eigenvalue weighted by Gasteiger charge is -2.33. The molecule has 0 aliphatic carbocycles. The van der Waals surface area contributed by atoms with Crippen LogP contribution in [0.5, 0.6) is 0 Å². The fraction of sp³-hybridized carbons (Fsp3) is 0.381. The number of benzene rings is 2. The third-order valence-corrected chi connectivity index (χ3v) is 5.19. The second-order valence-corrected chi connectivity index (χ2v) is 7.28. The lowest BCUT2D eigenvalue weighted by Crippen LogP contribution is -2.34. The monoisotopic (exact) mass is 352 g/mol. The molecule has 5 heteroatoms. The number of ketones is 1. The minimum atomic E-state index is -0.444. The predicted molar refractivity (Wildman–Crippen MR) is 103 cm³/mol. The Kier molecular flexibility index (Phi) is 5.07. The van der Waals surface area contributed by atoms with Gasteiger partial charge in [0.25, 0.3) is 5.69 Å². The second kappa shape index (κ2) is 7.28. The van der Waals surface area contributed by atoms with Gasteiger partial charge in [-0.1, -0.05) is 30.7 Å². The van der Waals surface area contributed by atoms with E-state index in [9.17, 15) is 14.9 Å². The summed E-state index contributed by atoms with van der Waals surface area (Å²) in [6.45, 7) is 7.85. The molecule has 0 bridgehead atoms. The molecule has 0 N–H and O–H groups in total. The fourth-order valence-corrected chi connectivity index (χ4v) is 3.56. The van der Waals surface area contributed by atoms with Gasteiger partial charge in [0.05, 0.1) is 10.5 Å². The van der Waals surface area contributed by atoms with Gasteiger partial charge in [-0.05, 0) is 44.2 Å². The summed E-state index contributed by atoms with van der Waals surface area (Å²) in [7, 11) is 0. The Bertz CT molecular complexity index is 852. The highest BCUT2D eigenvalue weighted by atomic mass is 16.6. The number of piperidine rings is 1. The van der Waals surface area contributed by atoms with E-state index in [0.29, 0.717) is 17.0 Å². The van der Waals surface area contributed by atoms with Crippen LogP contribution in [0, 0.1) is 29.9 Å². The molecule has 1 saturated heterocycles. The van der Waals surface area contributed by atoms with Crippen molar-refractivity contribution in [2.45, 2.75) is 33.6 Å². The van der Waals surface area contributed by atoms with Crippen LogP contribution in [-0.4, -0.2) is 23.8 Å². The molecule has 0 amide bonds. The second-order valence-electron chi connectivity index (χ2n) is 7.28. The Balaban J connectivity index is 2.06. The summed E-state index contributed by atoms with van der Waals surface area (Å²) >= 11 is 0. The van der Waals surface area contributed by atoms with Crippen molar-refractivity contribution in [2.24, 2.45) is 5.92 Å². The first-order valence-electron chi connectivity index (χ1n) is 9.02. The maximum absolute atomic E-state index is 13.2. The van der Waals surface area contributed by atoms with E-state index in [1.807, 2.05) is 32.0 Å². The Morgan fingerprint density at radius 3 is 2.38 bits per heavy atom. The molecular formula is C21H24N2O3. The maximum atomic E-state index is 13.2. The number of nitrogens with zero attached hydrogens (tertiary/aromatic N) is 2. The molecule has 0 radical (unpaired) electrons. The number of hydrogen-bond acceptors (Lipinski definition) is 4. The lowest BCUT2D eigenvalue weighted by molar-refractivity contribution is -0.384. The van der Waals surface area contributed by atoms with E-state index in [2.05, 4.69) is 11.8 Å². The zero-order valence-corrected chi connectivity index (χ0v) is 15.5. The van der Waals surface area contributed by atoms with Crippen LogP contribution in [0.25, 0.3) is 0 Å². The third-order valence-electron chi connectivity index (χ3n) is 5.19. The molecule has 136 valence electrons. The number of nitro benzene ring substituents is 1. The topological polar surface area (TPSA) is 63.4 Å². The minimum Gasteiger partial charge on any atom is -0.371 e. The molecule has 26 heavy (non-hydrogen) atoms. The van der Waals surface area contributed by atoms with Gasteiger partial charge in [-0.25, -0.2) is 0 Å². The summed E-state index contributed by atoms with van der Waals surface area (Å²) in [6.07, 6.45) is 2.13. The van der Waals surface area contributed by atoms with Crippen LogP contribution in [-0.2, 0) is 0 Å². The quantitative estimate of drug-likeness (QED) is 0.455. The van der Waals surface area contributed by atoms with E-state index in [4.69, 9.17) is 0 Å². The highest BCUT2D eigenvalue weighted by Gasteiger charge is 2.24. The molecule has 0 unspecified atom stereocenters. The fourth-order valence-electron chi connectivity index (χ4n) is 3.56. The van der Waals surface area contributed by atoms with Crippen LogP contribution in [0.4, 0.5) is 11.4 Å². The smallest absolute Gasteiger partial charge is 0.270 e. The molecule has 2 aromatic carbocycles. The first kappa shape index (κ1) is 18.1. The highest BCUT2D eigenvalue weighted by Crippen LogP contribution is 2.31. The van der Waals surface area contributed by atoms with Crippen molar-refractivity contribution in [3.63, 3.8) is 0 Å². The molecule has 1 fully saturated rings. The molecule has 1 aliphatic heterocycles. The van der Waals surface area contributed by atoms with E-state index < -0.39 is 4.92 Å². The molecule has 5 nitrogen and oxygen atoms in total. The maximum Gasteiger partial charge on any atom is 0.270 e. The first-order chi connectivity index (χ1) is 12.4. The van der Waals surface area contributed by atoms with Gasteiger partial charge in [0.1, 0.15) is 0 Å². The molecule has 0 aromatic heterocycles. The number of nitro groups is 1. The van der Waals surface area contributed by atoms with Crippen LogP contribution in [0.15, 0.2) is 36.4 Å². The van der Waals surface area contributed by atoms with Gasteiger partial charge < -0.3 is 4.90 Å². The van der Waals surface area contributed by atoms with E-state index >= 15 is 0 Å². The zero-order valence-electron chi connectivity index (χ0n) is 15.5. The van der Waals surface area contributed by atoms with Crippen molar-refractivity contribution in [3.8, 4) is 0 Å². The largest absolute Gasteiger partial charge is 0.371 e. The normalized spacial score (nSPS) is 15.1. The van der Waals surface area contributed by atoms with Crippen LogP contribution >= 0.6 is 0 Å². The molecular weight excluding hydrogens is 328 g/mol. The van der Waals surface area contributed by atoms with Crippen molar-refractivity contribution in [1.82, 2.24) is 0 Å². The van der Waals surface area contributed by atoms with Crippen molar-refractivity contribution in [3.05, 3.63) is 68.8 Å². The highest BCUT2D eigenvalue weighted by molar-refractivity contribution is 6.13. The SMILES string of the molecule is Cc1ccc(C(=O)c2cc([N+](=O)[O-])ccc2N2CCC(C)CC2)c(C)c1. The van der Waals surface area contributed by atoms with Crippen molar-refractivity contribution < 1.29 is 9.72 Å². The minimum absolute atomic E-state index is 0.0488. The van der Waals surface area contributed by atoms with Gasteiger partial charge >= 0.3 is 0 Å². The number of anilines is 1. The van der Waals surface area contributed by atoms with Crippen molar-refractivity contribution in [1.29, 1.82) is 0 Å². The Hall–Kier alpha value is -2.69. The van der Waals surface area contributed by atoms with Gasteiger partial charge in [-0.2, -0.15) is 0 Å². The number of aryl methyl sites for hydroxylation is 2. The van der Waals surface area contributed by atoms with Crippen LogP contribution in [0.2, 0.25) is 0 Å². The number of carbonyl (C=O) groups is 1. The van der Waals surface area contributed by atoms with Crippen LogP contribution < -0.4 is 4.90 Å². The first-order valence-corrected chi connectivity index (χ1v) is 9.02. The average molecular weight is 352 g/mol. The summed E-state index contributed by atoms with van der Waals surface area (Å²) in [6, 6.07) is 10.3. The summed E-state index contributed by atoms with van der Waals surface area (Å²) in [5.41, 5.74) is 3.74. The van der Waals surface area contributed by atoms with Crippen LogP contribution in [0.1, 0.15) is 46.8 Å². The van der Waals surface area contributed by atoms with Gasteiger partial charge in [0, 0.05) is 36.5 Å². The van der Waals surface area contributed by atoms with Gasteiger partial charge in [0.15, 0.2) is 5.78 Å². The molecule has 3 rings (SSSR count). The summed E-state index contributed by atoms with van der Waals surface area (Å²) in [5.74, 6) is 0.516. The number of hydrogen-bond donors (Lipinski definition) is 0. The third kappa shape index (κ3) is 3.62. The molecule has 0 atom stereocenters. The zero-order chi connectivity index (χ0) is 18.8. The van der Waals surface area contributed by atoms with Gasteiger partial charge in [0.2, 0.25) is 0 Å².